The number of ether oxygens (including phenoxy) is 1. The molecule has 0 radical (unpaired) electrons. The van der Waals surface area contributed by atoms with Crippen molar-refractivity contribution in [3.8, 4) is 0 Å². The number of fused-ring (bicyclic) bond motifs is 1. The highest BCUT2D eigenvalue weighted by Gasteiger charge is 2.28. The molecule has 1 aliphatic rings. The van der Waals surface area contributed by atoms with Gasteiger partial charge in [-0.1, -0.05) is 0 Å². The number of thiophene rings is 1. The van der Waals surface area contributed by atoms with Gasteiger partial charge in [-0.25, -0.2) is 10.6 Å². The Morgan fingerprint density at radius 3 is 3.29 bits per heavy atom. The molecule has 1 aliphatic heterocycles. The number of hydrogen-bond acceptors (Lipinski definition) is 6. The van der Waals surface area contributed by atoms with Crippen LogP contribution in [0.1, 0.15) is 0 Å². The number of anilines is 1. The molecule has 0 aromatic carbocycles. The van der Waals surface area contributed by atoms with Crippen molar-refractivity contribution in [1.29, 1.82) is 0 Å². The summed E-state index contributed by atoms with van der Waals surface area (Å²) in [5.74, 6) is 5.36. The average molecular weight is 211 g/mol. The maximum absolute atomic E-state index is 11.3. The molecule has 0 saturated carbocycles. The fraction of sp³-hybridized carbons (Fsp3) is 0.250. The fourth-order valence-corrected chi connectivity index (χ4v) is 2.03. The zero-order valence-corrected chi connectivity index (χ0v) is 8.32. The molecule has 1 unspecified atom stereocenters. The molecule has 6 heteroatoms. The molecule has 2 heterocycles. The second-order valence-corrected chi connectivity index (χ2v) is 3.66. The van der Waals surface area contributed by atoms with Crippen molar-refractivity contribution in [2.24, 2.45) is 10.8 Å². The van der Waals surface area contributed by atoms with Crippen LogP contribution >= 0.6 is 11.3 Å². The molecule has 1 atom stereocenters. The maximum Gasteiger partial charge on any atom is 0.335 e. The van der Waals surface area contributed by atoms with Gasteiger partial charge in [0, 0.05) is 6.21 Å². The second kappa shape index (κ2) is 3.39. The molecule has 14 heavy (non-hydrogen) atoms. The minimum absolute atomic E-state index is 0.407. The molecule has 2 N–H and O–H groups in total. The first-order valence-corrected chi connectivity index (χ1v) is 4.85. The minimum atomic E-state index is -0.619. The maximum atomic E-state index is 11.3. The minimum Gasteiger partial charge on any atom is -0.467 e. The zero-order chi connectivity index (χ0) is 10.1. The van der Waals surface area contributed by atoms with E-state index in [0.29, 0.717) is 0 Å². The number of hydrogen-bond donors (Lipinski definition) is 1. The SMILES string of the molecule is COC(=O)C1C=Nc2ccsc2N1N. The van der Waals surface area contributed by atoms with Crippen molar-refractivity contribution in [2.75, 3.05) is 12.1 Å². The Morgan fingerprint density at radius 2 is 2.57 bits per heavy atom. The van der Waals surface area contributed by atoms with E-state index in [-0.39, 0.29) is 0 Å². The molecule has 5 nitrogen and oxygen atoms in total. The second-order valence-electron chi connectivity index (χ2n) is 2.76. The van der Waals surface area contributed by atoms with Crippen LogP contribution in [0.15, 0.2) is 16.4 Å². The van der Waals surface area contributed by atoms with Crippen LogP contribution in [0.25, 0.3) is 0 Å². The molecular weight excluding hydrogens is 202 g/mol. The predicted molar refractivity (Wildman–Crippen MR) is 54.9 cm³/mol. The van der Waals surface area contributed by atoms with Crippen LogP contribution in [0, 0.1) is 0 Å². The van der Waals surface area contributed by atoms with Gasteiger partial charge in [-0.3, -0.25) is 10.0 Å². The smallest absolute Gasteiger partial charge is 0.335 e. The summed E-state index contributed by atoms with van der Waals surface area (Å²) in [7, 11) is 1.33. The summed E-state index contributed by atoms with van der Waals surface area (Å²) >= 11 is 1.44. The number of esters is 1. The predicted octanol–water partition coefficient (Wildman–Crippen LogP) is 0.686. The first-order valence-electron chi connectivity index (χ1n) is 3.97. The molecule has 2 rings (SSSR count). The van der Waals surface area contributed by atoms with Crippen molar-refractivity contribution in [2.45, 2.75) is 6.04 Å². The Kier molecular flexibility index (Phi) is 2.22. The van der Waals surface area contributed by atoms with E-state index in [2.05, 4.69) is 9.73 Å². The number of methoxy groups -OCH3 is 1. The average Bonchev–Trinajstić information content (AvgIpc) is 2.66. The molecule has 0 fully saturated rings. The molecule has 0 amide bonds. The van der Waals surface area contributed by atoms with E-state index >= 15 is 0 Å². The van der Waals surface area contributed by atoms with Gasteiger partial charge < -0.3 is 4.74 Å². The molecule has 74 valence electrons. The number of aliphatic imine (C=N–C) groups is 1. The van der Waals surface area contributed by atoms with Crippen LogP contribution in [0.5, 0.6) is 0 Å². The van der Waals surface area contributed by atoms with Crippen LogP contribution in [0.2, 0.25) is 0 Å². The van der Waals surface area contributed by atoms with E-state index in [1.54, 1.807) is 0 Å². The quantitative estimate of drug-likeness (QED) is 0.548. The van der Waals surface area contributed by atoms with Gasteiger partial charge in [0.2, 0.25) is 0 Å². The van der Waals surface area contributed by atoms with E-state index in [4.69, 9.17) is 5.84 Å². The third kappa shape index (κ3) is 1.28. The van der Waals surface area contributed by atoms with Gasteiger partial charge in [0.1, 0.15) is 5.00 Å². The van der Waals surface area contributed by atoms with Crippen molar-refractivity contribution >= 4 is 34.2 Å². The molecule has 1 aromatic heterocycles. The summed E-state index contributed by atoms with van der Waals surface area (Å²) < 4.78 is 4.60. The van der Waals surface area contributed by atoms with Crippen molar-refractivity contribution in [3.63, 3.8) is 0 Å². The standard InChI is InChI=1S/C8H9N3O2S/c1-13-8(12)6-4-10-5-2-3-14-7(5)11(6)9/h2-4,6H,9H2,1H3. The van der Waals surface area contributed by atoms with Crippen molar-refractivity contribution in [3.05, 3.63) is 11.4 Å². The van der Waals surface area contributed by atoms with Crippen molar-refractivity contribution in [1.82, 2.24) is 0 Å². The Balaban J connectivity index is 2.32. The lowest BCUT2D eigenvalue weighted by Gasteiger charge is -2.25. The Hall–Kier alpha value is -1.40. The first kappa shape index (κ1) is 9.17. The Morgan fingerprint density at radius 1 is 1.79 bits per heavy atom. The highest BCUT2D eigenvalue weighted by molar-refractivity contribution is 7.14. The summed E-state index contributed by atoms with van der Waals surface area (Å²) in [4.78, 5) is 15.4. The van der Waals surface area contributed by atoms with Gasteiger partial charge in [0.05, 0.1) is 12.8 Å². The molecule has 0 aliphatic carbocycles. The van der Waals surface area contributed by atoms with E-state index in [9.17, 15) is 4.79 Å². The summed E-state index contributed by atoms with van der Waals surface area (Å²) in [6, 6.07) is 1.23. The largest absolute Gasteiger partial charge is 0.467 e. The first-order chi connectivity index (χ1) is 6.74. The highest BCUT2D eigenvalue weighted by atomic mass is 32.1. The van der Waals surface area contributed by atoms with Gasteiger partial charge in [-0.15, -0.1) is 11.3 Å². The van der Waals surface area contributed by atoms with Gasteiger partial charge in [-0.05, 0) is 11.4 Å². The number of carbonyl (C=O) groups is 1. The van der Waals surface area contributed by atoms with E-state index in [1.807, 2.05) is 11.4 Å². The summed E-state index contributed by atoms with van der Waals surface area (Å²) in [6.45, 7) is 0. The summed E-state index contributed by atoms with van der Waals surface area (Å²) in [5.41, 5.74) is 0.789. The van der Waals surface area contributed by atoms with E-state index in [0.717, 1.165) is 10.7 Å². The van der Waals surface area contributed by atoms with Crippen molar-refractivity contribution < 1.29 is 9.53 Å². The van der Waals surface area contributed by atoms with Gasteiger partial charge >= 0.3 is 5.97 Å². The zero-order valence-electron chi connectivity index (χ0n) is 7.51. The van der Waals surface area contributed by atoms with Crippen LogP contribution in [-0.2, 0) is 9.53 Å². The lowest BCUT2D eigenvalue weighted by molar-refractivity contribution is -0.140. The highest BCUT2D eigenvalue weighted by Crippen LogP contribution is 2.36. The van der Waals surface area contributed by atoms with Gasteiger partial charge in [-0.2, -0.15) is 0 Å². The molecular formula is C8H9N3O2S. The lowest BCUT2D eigenvalue weighted by atomic mass is 10.2. The third-order valence-electron chi connectivity index (χ3n) is 1.96. The topological polar surface area (TPSA) is 67.9 Å². The molecule has 1 aromatic rings. The number of carbonyl (C=O) groups excluding carboxylic acids is 1. The van der Waals surface area contributed by atoms with Crippen LogP contribution in [0.4, 0.5) is 10.7 Å². The number of nitrogens with two attached hydrogens (primary N) is 1. The summed E-state index contributed by atoms with van der Waals surface area (Å²) in [5, 5.41) is 4.03. The van der Waals surface area contributed by atoms with Crippen LogP contribution in [-0.4, -0.2) is 25.3 Å². The molecule has 0 saturated heterocycles. The molecule has 0 bridgehead atoms. The third-order valence-corrected chi connectivity index (χ3v) is 2.87. The molecule has 0 spiro atoms. The Labute approximate surface area is 84.8 Å². The van der Waals surface area contributed by atoms with Gasteiger partial charge in [0.25, 0.3) is 0 Å². The number of rotatable bonds is 1. The number of hydrazine groups is 1. The van der Waals surface area contributed by atoms with Crippen LogP contribution in [0.3, 0.4) is 0 Å². The monoisotopic (exact) mass is 211 g/mol. The van der Waals surface area contributed by atoms with Crippen LogP contribution < -0.4 is 10.9 Å². The summed E-state index contributed by atoms with van der Waals surface area (Å²) in [6.07, 6.45) is 1.49. The van der Waals surface area contributed by atoms with Gasteiger partial charge in [0.15, 0.2) is 6.04 Å². The lowest BCUT2D eigenvalue weighted by Crippen LogP contribution is -2.48. The van der Waals surface area contributed by atoms with E-state index in [1.165, 1.54) is 29.7 Å². The normalized spacial score (nSPS) is 19.3. The van der Waals surface area contributed by atoms with E-state index < -0.39 is 12.0 Å². The number of nitrogens with zero attached hydrogens (tertiary/aromatic N) is 2. The fourth-order valence-electron chi connectivity index (χ4n) is 1.23. The Bertz CT molecular complexity index is 388.